The van der Waals surface area contributed by atoms with Crippen LogP contribution in [0.4, 0.5) is 0 Å². The van der Waals surface area contributed by atoms with Gasteiger partial charge in [0.15, 0.2) is 0 Å². The van der Waals surface area contributed by atoms with Gasteiger partial charge in [0.05, 0.1) is 6.04 Å². The minimum absolute atomic E-state index is 0.476. The summed E-state index contributed by atoms with van der Waals surface area (Å²) >= 11 is 0. The lowest BCUT2D eigenvalue weighted by molar-refractivity contribution is 0.169. The lowest BCUT2D eigenvalue weighted by Crippen LogP contribution is -2.51. The highest BCUT2D eigenvalue weighted by atomic mass is 15.4. The Labute approximate surface area is 117 Å². The fourth-order valence-corrected chi connectivity index (χ4v) is 3.23. The summed E-state index contributed by atoms with van der Waals surface area (Å²) in [6.45, 7) is 5.77. The molecule has 0 bridgehead atoms. The van der Waals surface area contributed by atoms with Crippen molar-refractivity contribution in [3.05, 3.63) is 0 Å². The molecule has 0 unspecified atom stereocenters. The van der Waals surface area contributed by atoms with E-state index in [2.05, 4.69) is 29.2 Å². The average Bonchev–Trinajstić information content (AvgIpc) is 2.97. The highest BCUT2D eigenvalue weighted by molar-refractivity contribution is 5.79. The first-order valence-corrected chi connectivity index (χ1v) is 7.74. The van der Waals surface area contributed by atoms with Crippen molar-refractivity contribution in [1.29, 1.82) is 0 Å². The molecule has 2 fully saturated rings. The SMILES string of the molecule is CCN1CCC(N(C)C(=NC2CCCC2)NN)CC1. The molecule has 0 amide bonds. The Hall–Kier alpha value is -0.810. The molecule has 5 heteroatoms. The molecule has 1 saturated heterocycles. The van der Waals surface area contributed by atoms with Crippen LogP contribution in [0.5, 0.6) is 0 Å². The van der Waals surface area contributed by atoms with Crippen LogP contribution >= 0.6 is 0 Å². The first kappa shape index (κ1) is 14.6. The van der Waals surface area contributed by atoms with E-state index in [1.54, 1.807) is 0 Å². The third-order valence-electron chi connectivity index (χ3n) is 4.64. The summed E-state index contributed by atoms with van der Waals surface area (Å²) in [6.07, 6.45) is 7.46. The van der Waals surface area contributed by atoms with Crippen molar-refractivity contribution in [2.24, 2.45) is 10.8 Å². The van der Waals surface area contributed by atoms with E-state index in [-0.39, 0.29) is 0 Å². The van der Waals surface area contributed by atoms with E-state index in [0.717, 1.165) is 12.5 Å². The number of piperidine rings is 1. The summed E-state index contributed by atoms with van der Waals surface area (Å²) in [5, 5.41) is 0. The zero-order valence-electron chi connectivity index (χ0n) is 12.4. The number of nitrogens with two attached hydrogens (primary N) is 1. The van der Waals surface area contributed by atoms with Gasteiger partial charge in [-0.1, -0.05) is 19.8 Å². The van der Waals surface area contributed by atoms with Crippen LogP contribution < -0.4 is 11.3 Å². The first-order chi connectivity index (χ1) is 9.24. The first-order valence-electron chi connectivity index (χ1n) is 7.74. The summed E-state index contributed by atoms with van der Waals surface area (Å²) in [5.74, 6) is 6.56. The number of hydrogen-bond acceptors (Lipinski definition) is 3. The molecule has 1 saturated carbocycles. The van der Waals surface area contributed by atoms with Crippen molar-refractivity contribution in [3.63, 3.8) is 0 Å². The fourth-order valence-electron chi connectivity index (χ4n) is 3.23. The molecule has 1 aliphatic heterocycles. The fraction of sp³-hybridized carbons (Fsp3) is 0.929. The molecule has 110 valence electrons. The number of guanidine groups is 1. The Kier molecular flexibility index (Phi) is 5.45. The summed E-state index contributed by atoms with van der Waals surface area (Å²) < 4.78 is 0. The van der Waals surface area contributed by atoms with Gasteiger partial charge in [-0.25, -0.2) is 10.8 Å². The van der Waals surface area contributed by atoms with Crippen molar-refractivity contribution in [3.8, 4) is 0 Å². The Balaban J connectivity index is 1.91. The maximum absolute atomic E-state index is 5.68. The highest BCUT2D eigenvalue weighted by Gasteiger charge is 2.24. The van der Waals surface area contributed by atoms with Gasteiger partial charge in [-0.3, -0.25) is 5.43 Å². The van der Waals surface area contributed by atoms with E-state index in [1.165, 1.54) is 51.6 Å². The zero-order valence-corrected chi connectivity index (χ0v) is 12.4. The van der Waals surface area contributed by atoms with Crippen LogP contribution in [0.3, 0.4) is 0 Å². The number of aliphatic imine (C=N–C) groups is 1. The second-order valence-electron chi connectivity index (χ2n) is 5.81. The monoisotopic (exact) mass is 267 g/mol. The third-order valence-corrected chi connectivity index (χ3v) is 4.64. The van der Waals surface area contributed by atoms with Gasteiger partial charge in [0.1, 0.15) is 0 Å². The molecule has 5 nitrogen and oxygen atoms in total. The van der Waals surface area contributed by atoms with Gasteiger partial charge in [-0.15, -0.1) is 0 Å². The quantitative estimate of drug-likeness (QED) is 0.349. The van der Waals surface area contributed by atoms with Gasteiger partial charge in [0, 0.05) is 26.2 Å². The molecular formula is C14H29N5. The number of rotatable bonds is 3. The van der Waals surface area contributed by atoms with E-state index >= 15 is 0 Å². The molecule has 0 spiro atoms. The molecule has 1 aliphatic carbocycles. The van der Waals surface area contributed by atoms with Crippen LogP contribution in [0.1, 0.15) is 45.4 Å². The molecular weight excluding hydrogens is 238 g/mol. The number of hydrogen-bond donors (Lipinski definition) is 2. The minimum Gasteiger partial charge on any atom is -0.342 e. The number of hydrazine groups is 1. The van der Waals surface area contributed by atoms with Crippen molar-refractivity contribution in [2.75, 3.05) is 26.7 Å². The second-order valence-corrected chi connectivity index (χ2v) is 5.81. The summed E-state index contributed by atoms with van der Waals surface area (Å²) in [5.41, 5.74) is 2.81. The summed E-state index contributed by atoms with van der Waals surface area (Å²) in [4.78, 5) is 9.56. The van der Waals surface area contributed by atoms with Crippen molar-refractivity contribution in [1.82, 2.24) is 15.2 Å². The smallest absolute Gasteiger partial charge is 0.208 e. The van der Waals surface area contributed by atoms with Crippen LogP contribution in [0.15, 0.2) is 4.99 Å². The molecule has 2 aliphatic rings. The molecule has 2 rings (SSSR count). The molecule has 0 atom stereocenters. The molecule has 0 aromatic heterocycles. The molecule has 0 aromatic rings. The van der Waals surface area contributed by atoms with Crippen LogP contribution in [0, 0.1) is 0 Å². The van der Waals surface area contributed by atoms with Crippen molar-refractivity contribution in [2.45, 2.75) is 57.5 Å². The number of likely N-dealkylation sites (tertiary alicyclic amines) is 1. The van der Waals surface area contributed by atoms with E-state index < -0.39 is 0 Å². The van der Waals surface area contributed by atoms with Gasteiger partial charge >= 0.3 is 0 Å². The molecule has 19 heavy (non-hydrogen) atoms. The molecule has 1 heterocycles. The highest BCUT2D eigenvalue weighted by Crippen LogP contribution is 2.22. The van der Waals surface area contributed by atoms with Gasteiger partial charge < -0.3 is 9.80 Å². The maximum Gasteiger partial charge on any atom is 0.208 e. The largest absolute Gasteiger partial charge is 0.342 e. The predicted octanol–water partition coefficient (Wildman–Crippen LogP) is 1.16. The molecule has 0 aromatic carbocycles. The average molecular weight is 267 g/mol. The number of nitrogens with one attached hydrogen (secondary N) is 1. The molecule has 3 N–H and O–H groups in total. The Morgan fingerprint density at radius 1 is 1.26 bits per heavy atom. The lowest BCUT2D eigenvalue weighted by Gasteiger charge is -2.37. The molecule has 0 radical (unpaired) electrons. The van der Waals surface area contributed by atoms with Crippen LogP contribution in [-0.2, 0) is 0 Å². The van der Waals surface area contributed by atoms with Crippen LogP contribution in [0.25, 0.3) is 0 Å². The van der Waals surface area contributed by atoms with E-state index in [9.17, 15) is 0 Å². The predicted molar refractivity (Wildman–Crippen MR) is 79.9 cm³/mol. The second kappa shape index (κ2) is 7.10. The van der Waals surface area contributed by atoms with Gasteiger partial charge in [0.2, 0.25) is 5.96 Å². The van der Waals surface area contributed by atoms with Crippen molar-refractivity contribution < 1.29 is 0 Å². The zero-order chi connectivity index (χ0) is 13.7. The maximum atomic E-state index is 5.68. The normalized spacial score (nSPS) is 23.8. The van der Waals surface area contributed by atoms with Crippen molar-refractivity contribution >= 4 is 5.96 Å². The summed E-state index contributed by atoms with van der Waals surface area (Å²) in [7, 11) is 2.12. The van der Waals surface area contributed by atoms with E-state index in [1.807, 2.05) is 0 Å². The van der Waals surface area contributed by atoms with Crippen LogP contribution in [0.2, 0.25) is 0 Å². The van der Waals surface area contributed by atoms with E-state index in [4.69, 9.17) is 10.8 Å². The third kappa shape index (κ3) is 3.83. The van der Waals surface area contributed by atoms with Gasteiger partial charge in [0.25, 0.3) is 0 Å². The Morgan fingerprint density at radius 2 is 1.89 bits per heavy atom. The van der Waals surface area contributed by atoms with E-state index in [0.29, 0.717) is 12.1 Å². The topological polar surface area (TPSA) is 56.9 Å². The number of nitrogens with zero attached hydrogens (tertiary/aromatic N) is 3. The van der Waals surface area contributed by atoms with Gasteiger partial charge in [-0.2, -0.15) is 0 Å². The van der Waals surface area contributed by atoms with Crippen LogP contribution in [-0.4, -0.2) is 54.5 Å². The Morgan fingerprint density at radius 3 is 2.42 bits per heavy atom. The minimum atomic E-state index is 0.476. The standard InChI is InChI=1S/C14H29N5/c1-3-19-10-8-13(9-11-19)18(2)14(17-15)16-12-6-4-5-7-12/h12-13H,3-11,15H2,1-2H3,(H,16,17). The lowest BCUT2D eigenvalue weighted by atomic mass is 10.0. The Bertz CT molecular complexity index is 290. The summed E-state index contributed by atoms with van der Waals surface area (Å²) in [6, 6.07) is 1.04. The van der Waals surface area contributed by atoms with Gasteiger partial charge in [-0.05, 0) is 32.2 Å².